The van der Waals surface area contributed by atoms with Gasteiger partial charge in [-0.25, -0.2) is 9.48 Å². The van der Waals surface area contributed by atoms with E-state index in [1.54, 1.807) is 16.9 Å². The molecule has 0 aliphatic heterocycles. The highest BCUT2D eigenvalue weighted by molar-refractivity contribution is 9.10. The van der Waals surface area contributed by atoms with Gasteiger partial charge in [-0.2, -0.15) is 5.10 Å². The Bertz CT molecular complexity index is 785. The predicted molar refractivity (Wildman–Crippen MR) is 91.5 cm³/mol. The van der Waals surface area contributed by atoms with Crippen molar-refractivity contribution in [3.63, 3.8) is 0 Å². The first-order chi connectivity index (χ1) is 11.2. The average Bonchev–Trinajstić information content (AvgIpc) is 3.03. The van der Waals surface area contributed by atoms with Gasteiger partial charge >= 0.3 is 6.09 Å². The summed E-state index contributed by atoms with van der Waals surface area (Å²) < 4.78 is 7.82. The monoisotopic (exact) mass is 371 g/mol. The molecule has 2 aromatic carbocycles. The average molecular weight is 372 g/mol. The number of carbonyl (C=O) groups excluding carboxylic acids is 1. The zero-order valence-corrected chi connectivity index (χ0v) is 13.7. The van der Waals surface area contributed by atoms with E-state index in [0.29, 0.717) is 5.82 Å². The largest absolute Gasteiger partial charge is 0.444 e. The number of hydrogen-bond donors (Lipinski definition) is 1. The number of hydrogen-bond acceptors (Lipinski definition) is 3. The second-order valence-electron chi connectivity index (χ2n) is 4.79. The van der Waals surface area contributed by atoms with E-state index in [-0.39, 0.29) is 6.61 Å². The Balaban J connectivity index is 1.65. The van der Waals surface area contributed by atoms with Crippen LogP contribution in [0, 0.1) is 0 Å². The molecule has 0 saturated carbocycles. The highest BCUT2D eigenvalue weighted by Crippen LogP contribution is 2.18. The summed E-state index contributed by atoms with van der Waals surface area (Å²) in [5.74, 6) is 0.547. The summed E-state index contributed by atoms with van der Waals surface area (Å²) in [6, 6.07) is 18.9. The molecule has 23 heavy (non-hydrogen) atoms. The maximum atomic E-state index is 11.9. The number of rotatable bonds is 4. The van der Waals surface area contributed by atoms with Crippen LogP contribution in [0.2, 0.25) is 0 Å². The summed E-state index contributed by atoms with van der Waals surface area (Å²) in [5, 5.41) is 6.92. The lowest BCUT2D eigenvalue weighted by atomic mass is 10.2. The van der Waals surface area contributed by atoms with Crippen LogP contribution in [-0.2, 0) is 11.3 Å². The molecule has 0 aliphatic rings. The molecule has 0 unspecified atom stereocenters. The van der Waals surface area contributed by atoms with Gasteiger partial charge in [0.2, 0.25) is 0 Å². The molecule has 0 atom stereocenters. The van der Waals surface area contributed by atoms with E-state index in [2.05, 4.69) is 26.3 Å². The molecule has 0 saturated heterocycles. The Morgan fingerprint density at radius 3 is 2.57 bits per heavy atom. The highest BCUT2D eigenvalue weighted by atomic mass is 79.9. The van der Waals surface area contributed by atoms with E-state index in [1.807, 2.05) is 54.6 Å². The minimum absolute atomic E-state index is 0.221. The zero-order valence-electron chi connectivity index (χ0n) is 12.1. The van der Waals surface area contributed by atoms with Crippen molar-refractivity contribution in [3.05, 3.63) is 76.9 Å². The quantitative estimate of drug-likeness (QED) is 0.739. The number of ether oxygens (including phenoxy) is 1. The van der Waals surface area contributed by atoms with E-state index in [0.717, 1.165) is 15.7 Å². The third-order valence-electron chi connectivity index (χ3n) is 3.16. The van der Waals surface area contributed by atoms with Crippen LogP contribution in [0.25, 0.3) is 5.69 Å². The molecule has 0 radical (unpaired) electrons. The fraction of sp³-hybridized carbons (Fsp3) is 0.0588. The summed E-state index contributed by atoms with van der Waals surface area (Å²) >= 11 is 3.39. The van der Waals surface area contributed by atoms with Crippen LogP contribution in [0.15, 0.2) is 71.3 Å². The molecule has 3 aromatic rings. The smallest absolute Gasteiger partial charge is 0.413 e. The molecule has 0 bridgehead atoms. The first-order valence-corrected chi connectivity index (χ1v) is 7.79. The molecule has 0 spiro atoms. The van der Waals surface area contributed by atoms with Crippen LogP contribution in [0.3, 0.4) is 0 Å². The molecular formula is C17H14BrN3O2. The van der Waals surface area contributed by atoms with Crippen LogP contribution in [0.1, 0.15) is 5.56 Å². The lowest BCUT2D eigenvalue weighted by molar-refractivity contribution is 0.155. The summed E-state index contributed by atoms with van der Waals surface area (Å²) in [6.45, 7) is 0.221. The second-order valence-corrected chi connectivity index (χ2v) is 5.71. The van der Waals surface area contributed by atoms with Gasteiger partial charge in [0.15, 0.2) is 0 Å². The van der Waals surface area contributed by atoms with Gasteiger partial charge in [-0.05, 0) is 29.8 Å². The van der Waals surface area contributed by atoms with E-state index in [9.17, 15) is 4.79 Å². The Kier molecular flexibility index (Phi) is 4.73. The van der Waals surface area contributed by atoms with E-state index >= 15 is 0 Å². The fourth-order valence-corrected chi connectivity index (χ4v) is 2.31. The number of nitrogens with one attached hydrogen (secondary N) is 1. The van der Waals surface area contributed by atoms with E-state index in [4.69, 9.17) is 4.74 Å². The van der Waals surface area contributed by atoms with Crippen molar-refractivity contribution < 1.29 is 9.53 Å². The normalized spacial score (nSPS) is 10.3. The molecule has 0 fully saturated rings. The first-order valence-electron chi connectivity index (χ1n) is 7.00. The molecule has 116 valence electrons. The van der Waals surface area contributed by atoms with Crippen molar-refractivity contribution in [1.82, 2.24) is 9.78 Å². The van der Waals surface area contributed by atoms with Gasteiger partial charge in [0.1, 0.15) is 12.4 Å². The minimum atomic E-state index is -0.521. The standard InChI is InChI=1S/C17H14BrN3O2/c18-14-6-8-15(9-7-14)21-16(10-11-19-21)20-17(22)23-12-13-4-2-1-3-5-13/h1-11H,12H2,(H,20,22). The van der Waals surface area contributed by atoms with Gasteiger partial charge in [-0.1, -0.05) is 46.3 Å². The summed E-state index contributed by atoms with van der Waals surface area (Å²) in [5.41, 5.74) is 1.78. The Morgan fingerprint density at radius 1 is 1.09 bits per heavy atom. The first kappa shape index (κ1) is 15.3. The number of aromatic nitrogens is 2. The third-order valence-corrected chi connectivity index (χ3v) is 3.69. The number of carbonyl (C=O) groups is 1. The van der Waals surface area contributed by atoms with Crippen LogP contribution < -0.4 is 5.32 Å². The SMILES string of the molecule is O=C(Nc1ccnn1-c1ccc(Br)cc1)OCc1ccccc1. The van der Waals surface area contributed by atoms with Gasteiger partial charge in [0.05, 0.1) is 11.9 Å². The Morgan fingerprint density at radius 2 is 1.83 bits per heavy atom. The van der Waals surface area contributed by atoms with Gasteiger partial charge < -0.3 is 4.74 Å². The zero-order chi connectivity index (χ0) is 16.1. The van der Waals surface area contributed by atoms with E-state index in [1.165, 1.54) is 0 Å². The lowest BCUT2D eigenvalue weighted by Crippen LogP contribution is -2.16. The topological polar surface area (TPSA) is 56.2 Å². The summed E-state index contributed by atoms with van der Waals surface area (Å²) in [6.07, 6.45) is 1.10. The van der Waals surface area contributed by atoms with Crippen molar-refractivity contribution >= 4 is 27.8 Å². The highest BCUT2D eigenvalue weighted by Gasteiger charge is 2.09. The lowest BCUT2D eigenvalue weighted by Gasteiger charge is -2.09. The number of anilines is 1. The third kappa shape index (κ3) is 3.98. The number of amides is 1. The van der Waals surface area contributed by atoms with Crippen molar-refractivity contribution in [2.45, 2.75) is 6.61 Å². The number of nitrogens with zero attached hydrogens (tertiary/aromatic N) is 2. The van der Waals surface area contributed by atoms with Crippen LogP contribution >= 0.6 is 15.9 Å². The van der Waals surface area contributed by atoms with Gasteiger partial charge in [0.25, 0.3) is 0 Å². The molecule has 3 rings (SSSR count). The Labute approximate surface area is 142 Å². The molecule has 1 amide bonds. The molecular weight excluding hydrogens is 358 g/mol. The Hall–Kier alpha value is -2.60. The second kappa shape index (κ2) is 7.11. The molecule has 6 heteroatoms. The van der Waals surface area contributed by atoms with Crippen LogP contribution in [0.5, 0.6) is 0 Å². The number of halogens is 1. The molecule has 0 aliphatic carbocycles. The fourth-order valence-electron chi connectivity index (χ4n) is 2.05. The van der Waals surface area contributed by atoms with Crippen molar-refractivity contribution in [2.24, 2.45) is 0 Å². The minimum Gasteiger partial charge on any atom is -0.444 e. The van der Waals surface area contributed by atoms with Crippen molar-refractivity contribution in [2.75, 3.05) is 5.32 Å². The summed E-state index contributed by atoms with van der Waals surface area (Å²) in [7, 11) is 0. The molecule has 1 heterocycles. The summed E-state index contributed by atoms with van der Waals surface area (Å²) in [4.78, 5) is 11.9. The van der Waals surface area contributed by atoms with Crippen LogP contribution in [0.4, 0.5) is 10.6 Å². The van der Waals surface area contributed by atoms with Gasteiger partial charge in [-0.3, -0.25) is 5.32 Å². The predicted octanol–water partition coefficient (Wildman–Crippen LogP) is 4.38. The van der Waals surface area contributed by atoms with E-state index < -0.39 is 6.09 Å². The van der Waals surface area contributed by atoms with Gasteiger partial charge in [-0.15, -0.1) is 0 Å². The molecule has 5 nitrogen and oxygen atoms in total. The van der Waals surface area contributed by atoms with Crippen molar-refractivity contribution in [1.29, 1.82) is 0 Å². The molecule has 1 N–H and O–H groups in total. The maximum absolute atomic E-state index is 11.9. The van der Waals surface area contributed by atoms with Gasteiger partial charge in [0, 0.05) is 10.5 Å². The number of benzene rings is 2. The van der Waals surface area contributed by atoms with Crippen molar-refractivity contribution in [3.8, 4) is 5.69 Å². The maximum Gasteiger partial charge on any atom is 0.413 e. The molecule has 1 aromatic heterocycles. The van der Waals surface area contributed by atoms with Crippen LogP contribution in [-0.4, -0.2) is 15.9 Å².